The van der Waals surface area contributed by atoms with Crippen LogP contribution in [0.25, 0.3) is 0 Å². The van der Waals surface area contributed by atoms with E-state index in [0.717, 1.165) is 25.7 Å². The van der Waals surface area contributed by atoms with E-state index in [9.17, 15) is 4.79 Å². The lowest BCUT2D eigenvalue weighted by Crippen LogP contribution is -2.47. The largest absolute Gasteiger partial charge is 0.490 e. The third kappa shape index (κ3) is 3.58. The van der Waals surface area contributed by atoms with Gasteiger partial charge in [-0.15, -0.1) is 0 Å². The number of carbonyl (C=O) groups excluding carboxylic acids is 1. The first-order chi connectivity index (χ1) is 11.6. The van der Waals surface area contributed by atoms with Gasteiger partial charge >= 0.3 is 0 Å². The smallest absolute Gasteiger partial charge is 0.240 e. The number of nitriles is 1. The fourth-order valence-corrected chi connectivity index (χ4v) is 3.58. The number of nitrogens with one attached hydrogen (secondary N) is 1. The predicted octanol–water partition coefficient (Wildman–Crippen LogP) is 1.94. The highest BCUT2D eigenvalue weighted by Crippen LogP contribution is 2.27. The topological polar surface area (TPSA) is 91.4 Å². The molecule has 0 aliphatic carbocycles. The number of benzene rings is 1. The first-order valence-corrected chi connectivity index (χ1v) is 8.60. The number of hydrogen-bond acceptors (Lipinski definition) is 5. The van der Waals surface area contributed by atoms with Crippen molar-refractivity contribution >= 4 is 23.2 Å². The van der Waals surface area contributed by atoms with E-state index in [1.165, 1.54) is 0 Å². The van der Waals surface area contributed by atoms with Gasteiger partial charge in [-0.05, 0) is 43.9 Å². The second kappa shape index (κ2) is 7.29. The van der Waals surface area contributed by atoms with Gasteiger partial charge in [-0.1, -0.05) is 11.6 Å². The molecule has 7 heteroatoms. The summed E-state index contributed by atoms with van der Waals surface area (Å²) < 4.78 is 5.74. The van der Waals surface area contributed by atoms with Crippen LogP contribution in [-0.2, 0) is 4.79 Å². The summed E-state index contributed by atoms with van der Waals surface area (Å²) in [6.45, 7) is 1.12. The molecule has 2 aliphatic heterocycles. The Kier molecular flexibility index (Phi) is 5.12. The van der Waals surface area contributed by atoms with Gasteiger partial charge < -0.3 is 15.4 Å². The molecule has 3 N–H and O–H groups in total. The number of nitrogens with two attached hydrogens (primary N) is 1. The van der Waals surface area contributed by atoms with E-state index in [0.29, 0.717) is 29.6 Å². The van der Waals surface area contributed by atoms with Crippen LogP contribution in [0.2, 0.25) is 5.02 Å². The van der Waals surface area contributed by atoms with E-state index in [1.807, 2.05) is 0 Å². The maximum atomic E-state index is 12.6. The van der Waals surface area contributed by atoms with Crippen molar-refractivity contribution in [3.63, 3.8) is 0 Å². The van der Waals surface area contributed by atoms with E-state index >= 15 is 0 Å². The van der Waals surface area contributed by atoms with Gasteiger partial charge in [-0.25, -0.2) is 0 Å². The number of carbonyl (C=O) groups is 1. The molecular weight excluding hydrogens is 328 g/mol. The fraction of sp³-hybridized carbons (Fsp3) is 0.529. The number of hydrogen-bond donors (Lipinski definition) is 2. The van der Waals surface area contributed by atoms with Gasteiger partial charge in [0.15, 0.2) is 0 Å². The number of rotatable bonds is 4. The quantitative estimate of drug-likeness (QED) is 0.811. The molecule has 128 valence electrons. The first kappa shape index (κ1) is 16.9. The Morgan fingerprint density at radius 1 is 1.46 bits per heavy atom. The summed E-state index contributed by atoms with van der Waals surface area (Å²) in [6.07, 6.45) is 3.29. The molecule has 3 rings (SSSR count). The van der Waals surface area contributed by atoms with Crippen molar-refractivity contribution in [2.75, 3.05) is 18.9 Å². The number of likely N-dealkylation sites (tertiary alicyclic amines) is 1. The molecule has 2 heterocycles. The van der Waals surface area contributed by atoms with Crippen molar-refractivity contribution in [1.29, 1.82) is 5.26 Å². The molecule has 0 spiro atoms. The maximum absolute atomic E-state index is 12.6. The van der Waals surface area contributed by atoms with E-state index in [1.54, 1.807) is 23.1 Å². The number of ether oxygens (including phenoxy) is 1. The average Bonchev–Trinajstić information content (AvgIpc) is 3.22. The number of nitrogens with zero attached hydrogens (tertiary/aromatic N) is 2. The summed E-state index contributed by atoms with van der Waals surface area (Å²) in [5.41, 5.74) is 6.25. The van der Waals surface area contributed by atoms with Crippen molar-refractivity contribution < 1.29 is 9.53 Å². The zero-order valence-electron chi connectivity index (χ0n) is 13.4. The van der Waals surface area contributed by atoms with Crippen LogP contribution < -0.4 is 15.8 Å². The Morgan fingerprint density at radius 3 is 3.04 bits per heavy atom. The van der Waals surface area contributed by atoms with Crippen molar-refractivity contribution in [3.05, 3.63) is 23.2 Å². The van der Waals surface area contributed by atoms with Gasteiger partial charge in [0.2, 0.25) is 5.91 Å². The molecule has 24 heavy (non-hydrogen) atoms. The number of nitrogen functional groups attached to an aromatic ring is 1. The standard InChI is InChI=1S/C17H21ClN4O2/c18-14-8-11(20)3-6-16(14)24-10-12-4-5-15(21-12)17(23)22-7-1-2-13(22)9-19/h3,6,8,12-13,15,21H,1-2,4-5,7,10,20H2/t12-,13+,15+/m1/s1. The average molecular weight is 349 g/mol. The molecule has 2 fully saturated rings. The van der Waals surface area contributed by atoms with Crippen LogP contribution in [0, 0.1) is 11.3 Å². The van der Waals surface area contributed by atoms with Crippen molar-refractivity contribution in [2.45, 2.75) is 43.8 Å². The fourth-order valence-electron chi connectivity index (χ4n) is 3.33. The second-order valence-corrected chi connectivity index (χ2v) is 6.72. The molecule has 2 saturated heterocycles. The van der Waals surface area contributed by atoms with Gasteiger partial charge in [0.25, 0.3) is 0 Å². The molecule has 0 radical (unpaired) electrons. The summed E-state index contributed by atoms with van der Waals surface area (Å²) in [7, 11) is 0. The van der Waals surface area contributed by atoms with Crippen LogP contribution in [0.3, 0.4) is 0 Å². The molecule has 1 aromatic carbocycles. The molecule has 6 nitrogen and oxygen atoms in total. The third-order valence-corrected chi connectivity index (χ3v) is 4.92. The lowest BCUT2D eigenvalue weighted by atomic mass is 10.1. The highest BCUT2D eigenvalue weighted by atomic mass is 35.5. The summed E-state index contributed by atoms with van der Waals surface area (Å²) in [5.74, 6) is 0.624. The zero-order valence-corrected chi connectivity index (χ0v) is 14.1. The number of amides is 1. The van der Waals surface area contributed by atoms with Crippen LogP contribution in [0.1, 0.15) is 25.7 Å². The Hall–Kier alpha value is -1.97. The molecule has 2 aliphatic rings. The molecular formula is C17H21ClN4O2. The Morgan fingerprint density at radius 2 is 2.29 bits per heavy atom. The van der Waals surface area contributed by atoms with Crippen molar-refractivity contribution in [2.24, 2.45) is 0 Å². The summed E-state index contributed by atoms with van der Waals surface area (Å²) in [5, 5.41) is 12.9. The van der Waals surface area contributed by atoms with Crippen LogP contribution in [0.15, 0.2) is 18.2 Å². The van der Waals surface area contributed by atoms with E-state index < -0.39 is 0 Å². The molecule has 0 saturated carbocycles. The maximum Gasteiger partial charge on any atom is 0.240 e. The van der Waals surface area contributed by atoms with Gasteiger partial charge in [0, 0.05) is 18.3 Å². The highest BCUT2D eigenvalue weighted by molar-refractivity contribution is 6.32. The van der Waals surface area contributed by atoms with E-state index in [4.69, 9.17) is 27.3 Å². The Labute approximate surface area is 146 Å². The first-order valence-electron chi connectivity index (χ1n) is 8.22. The summed E-state index contributed by atoms with van der Waals surface area (Å²) in [6, 6.07) is 6.95. The normalized spacial score (nSPS) is 26.3. The van der Waals surface area contributed by atoms with Crippen molar-refractivity contribution in [3.8, 4) is 11.8 Å². The Bertz CT molecular complexity index is 660. The zero-order chi connectivity index (χ0) is 17.1. The molecule has 1 aromatic rings. The molecule has 1 amide bonds. The van der Waals surface area contributed by atoms with Crippen molar-refractivity contribution in [1.82, 2.24) is 10.2 Å². The SMILES string of the molecule is N#C[C@@H]1CCCN1C(=O)[C@@H]1CC[C@H](COc2ccc(N)cc2Cl)N1. The lowest BCUT2D eigenvalue weighted by Gasteiger charge is -2.24. The molecule has 3 atom stereocenters. The van der Waals surface area contributed by atoms with Gasteiger partial charge in [0.05, 0.1) is 17.1 Å². The predicted molar refractivity (Wildman–Crippen MR) is 91.7 cm³/mol. The second-order valence-electron chi connectivity index (χ2n) is 6.31. The van der Waals surface area contributed by atoms with Gasteiger partial charge in [-0.3, -0.25) is 10.1 Å². The minimum absolute atomic E-state index is 0.0343. The summed E-state index contributed by atoms with van der Waals surface area (Å²) in [4.78, 5) is 14.3. The lowest BCUT2D eigenvalue weighted by molar-refractivity contribution is -0.133. The van der Waals surface area contributed by atoms with E-state index in [2.05, 4.69) is 11.4 Å². The van der Waals surface area contributed by atoms with Crippen LogP contribution in [0.5, 0.6) is 5.75 Å². The minimum Gasteiger partial charge on any atom is -0.490 e. The van der Waals surface area contributed by atoms with Gasteiger partial charge in [-0.2, -0.15) is 5.26 Å². The minimum atomic E-state index is -0.275. The Balaban J connectivity index is 1.52. The molecule has 0 unspecified atom stereocenters. The summed E-state index contributed by atoms with van der Waals surface area (Å²) >= 11 is 6.10. The molecule has 0 bridgehead atoms. The van der Waals surface area contributed by atoms with Crippen LogP contribution >= 0.6 is 11.6 Å². The molecule has 0 aromatic heterocycles. The highest BCUT2D eigenvalue weighted by Gasteiger charge is 2.36. The number of halogens is 1. The van der Waals surface area contributed by atoms with Gasteiger partial charge in [0.1, 0.15) is 18.4 Å². The van der Waals surface area contributed by atoms with E-state index in [-0.39, 0.29) is 24.0 Å². The number of anilines is 1. The van der Waals surface area contributed by atoms with Crippen LogP contribution in [-0.4, -0.2) is 42.1 Å². The van der Waals surface area contributed by atoms with Crippen LogP contribution in [0.4, 0.5) is 5.69 Å². The monoisotopic (exact) mass is 348 g/mol. The third-order valence-electron chi connectivity index (χ3n) is 4.62.